The molecule has 1 saturated heterocycles. The van der Waals surface area contributed by atoms with E-state index in [9.17, 15) is 4.79 Å². The number of nitrogens with one attached hydrogen (secondary N) is 1. The smallest absolute Gasteiger partial charge is 0.266 e. The number of thiophene rings is 1. The minimum Gasteiger partial charge on any atom is -0.356 e. The summed E-state index contributed by atoms with van der Waals surface area (Å²) in [5.74, 6) is 0.821. The van der Waals surface area contributed by atoms with Crippen molar-refractivity contribution in [3.05, 3.63) is 53.3 Å². The number of pyridine rings is 1. The predicted octanol–water partition coefficient (Wildman–Crippen LogP) is 4.79. The lowest BCUT2D eigenvalue weighted by molar-refractivity contribution is 0.103. The maximum absolute atomic E-state index is 13.0. The molecule has 1 amide bonds. The van der Waals surface area contributed by atoms with Crippen LogP contribution in [0.25, 0.3) is 21.1 Å². The quantitative estimate of drug-likeness (QED) is 0.532. The summed E-state index contributed by atoms with van der Waals surface area (Å²) in [6.07, 6.45) is 6.92. The van der Waals surface area contributed by atoms with Crippen LogP contribution in [0.1, 0.15) is 34.5 Å². The Bertz CT molecular complexity index is 1210. The molecule has 29 heavy (non-hydrogen) atoms. The number of anilines is 2. The number of aromatic nitrogens is 3. The first-order valence-electron chi connectivity index (χ1n) is 9.86. The van der Waals surface area contributed by atoms with Gasteiger partial charge in [-0.1, -0.05) is 18.2 Å². The van der Waals surface area contributed by atoms with Gasteiger partial charge in [-0.2, -0.15) is 0 Å². The molecule has 1 aliphatic heterocycles. The molecule has 1 fully saturated rings. The molecule has 1 N–H and O–H groups in total. The van der Waals surface area contributed by atoms with Crippen LogP contribution in [0.15, 0.2) is 42.9 Å². The molecule has 6 nitrogen and oxygen atoms in total. The normalized spacial score (nSPS) is 14.4. The van der Waals surface area contributed by atoms with Crippen molar-refractivity contribution in [2.45, 2.75) is 26.2 Å². The summed E-state index contributed by atoms with van der Waals surface area (Å²) in [4.78, 5) is 30.3. The first-order valence-corrected chi connectivity index (χ1v) is 10.7. The van der Waals surface area contributed by atoms with Crippen LogP contribution in [0.4, 0.5) is 11.5 Å². The van der Waals surface area contributed by atoms with Gasteiger partial charge < -0.3 is 10.2 Å². The Balaban J connectivity index is 1.49. The van der Waals surface area contributed by atoms with E-state index in [1.54, 1.807) is 12.5 Å². The largest absolute Gasteiger partial charge is 0.356 e. The standard InChI is InChI=1S/C22H21N5OS/c1-14-18-20(27-9-5-2-6-10-27)24-13-25-22(18)29-19(14)21(28)26-16-11-15-7-3-4-8-17(15)23-12-16/h3-4,7-8,11-13H,2,5-6,9-10H2,1H3,(H,26,28). The second kappa shape index (κ2) is 7.40. The van der Waals surface area contributed by atoms with E-state index in [1.807, 2.05) is 37.3 Å². The van der Waals surface area contributed by atoms with Gasteiger partial charge in [-0.15, -0.1) is 11.3 Å². The maximum Gasteiger partial charge on any atom is 0.266 e. The van der Waals surface area contributed by atoms with Crippen LogP contribution in [0.5, 0.6) is 0 Å². The van der Waals surface area contributed by atoms with Crippen molar-refractivity contribution in [3.8, 4) is 0 Å². The lowest BCUT2D eigenvalue weighted by Gasteiger charge is -2.28. The molecule has 4 aromatic rings. The van der Waals surface area contributed by atoms with Gasteiger partial charge in [0.25, 0.3) is 5.91 Å². The van der Waals surface area contributed by atoms with Gasteiger partial charge in [-0.05, 0) is 43.9 Å². The van der Waals surface area contributed by atoms with Crippen molar-refractivity contribution in [1.29, 1.82) is 0 Å². The fourth-order valence-electron chi connectivity index (χ4n) is 3.94. The molecule has 5 rings (SSSR count). The first kappa shape index (κ1) is 18.0. The van der Waals surface area contributed by atoms with Gasteiger partial charge in [0.2, 0.25) is 0 Å². The summed E-state index contributed by atoms with van der Waals surface area (Å²) in [5.41, 5.74) is 2.54. The lowest BCUT2D eigenvalue weighted by atomic mass is 10.1. The average molecular weight is 404 g/mol. The van der Waals surface area contributed by atoms with Gasteiger partial charge in [0.05, 0.1) is 27.7 Å². The van der Waals surface area contributed by atoms with Gasteiger partial charge in [0.15, 0.2) is 0 Å². The highest BCUT2D eigenvalue weighted by atomic mass is 32.1. The van der Waals surface area contributed by atoms with Gasteiger partial charge in [0, 0.05) is 18.5 Å². The molecule has 0 bridgehead atoms. The Hall–Kier alpha value is -3.06. The summed E-state index contributed by atoms with van der Waals surface area (Å²) in [7, 11) is 0. The van der Waals surface area contributed by atoms with E-state index in [0.29, 0.717) is 10.6 Å². The molecule has 0 atom stereocenters. The van der Waals surface area contributed by atoms with E-state index in [0.717, 1.165) is 45.6 Å². The number of carbonyl (C=O) groups excluding carboxylic acids is 1. The third-order valence-electron chi connectivity index (χ3n) is 5.42. The average Bonchev–Trinajstić information content (AvgIpc) is 3.11. The molecule has 0 spiro atoms. The molecule has 4 heterocycles. The van der Waals surface area contributed by atoms with Crippen LogP contribution in [0.2, 0.25) is 0 Å². The molecule has 1 aliphatic rings. The molecule has 0 saturated carbocycles. The van der Waals surface area contributed by atoms with Crippen molar-refractivity contribution in [2.24, 2.45) is 0 Å². The number of rotatable bonds is 3. The number of nitrogens with zero attached hydrogens (tertiary/aromatic N) is 4. The van der Waals surface area contributed by atoms with Gasteiger partial charge in [0.1, 0.15) is 17.0 Å². The second-order valence-corrected chi connectivity index (χ2v) is 8.35. The van der Waals surface area contributed by atoms with Crippen molar-refractivity contribution >= 4 is 49.9 Å². The van der Waals surface area contributed by atoms with Gasteiger partial charge in [-0.3, -0.25) is 9.78 Å². The number of para-hydroxylation sites is 1. The van der Waals surface area contributed by atoms with Gasteiger partial charge >= 0.3 is 0 Å². The predicted molar refractivity (Wildman–Crippen MR) is 118 cm³/mol. The zero-order chi connectivity index (χ0) is 19.8. The number of carbonyl (C=O) groups is 1. The summed E-state index contributed by atoms with van der Waals surface area (Å²) < 4.78 is 0. The zero-order valence-corrected chi connectivity index (χ0v) is 17.0. The third kappa shape index (κ3) is 3.31. The van der Waals surface area contributed by atoms with Crippen LogP contribution in [0, 0.1) is 6.92 Å². The third-order valence-corrected chi connectivity index (χ3v) is 6.62. The molecule has 0 unspecified atom stereocenters. The molecular weight excluding hydrogens is 382 g/mol. The minimum absolute atomic E-state index is 0.132. The van der Waals surface area contributed by atoms with E-state index in [1.165, 1.54) is 30.6 Å². The Morgan fingerprint density at radius 2 is 1.93 bits per heavy atom. The number of aryl methyl sites for hydroxylation is 1. The van der Waals surface area contributed by atoms with Crippen LogP contribution in [0.3, 0.4) is 0 Å². The van der Waals surface area contributed by atoms with Crippen molar-refractivity contribution in [2.75, 3.05) is 23.3 Å². The molecule has 0 radical (unpaired) electrons. The number of hydrogen-bond donors (Lipinski definition) is 1. The number of amides is 1. The summed E-state index contributed by atoms with van der Waals surface area (Å²) in [5, 5.41) is 5.00. The van der Waals surface area contributed by atoms with E-state index in [4.69, 9.17) is 0 Å². The minimum atomic E-state index is -0.132. The van der Waals surface area contributed by atoms with Crippen molar-refractivity contribution in [3.63, 3.8) is 0 Å². The second-order valence-electron chi connectivity index (χ2n) is 7.35. The highest BCUT2D eigenvalue weighted by Crippen LogP contribution is 2.36. The molecule has 1 aromatic carbocycles. The highest BCUT2D eigenvalue weighted by molar-refractivity contribution is 7.20. The van der Waals surface area contributed by atoms with E-state index < -0.39 is 0 Å². The molecular formula is C22H21N5OS. The van der Waals surface area contributed by atoms with E-state index in [2.05, 4.69) is 25.2 Å². The fraction of sp³-hybridized carbons (Fsp3) is 0.273. The monoisotopic (exact) mass is 403 g/mol. The molecule has 0 aliphatic carbocycles. The van der Waals surface area contributed by atoms with Crippen LogP contribution < -0.4 is 10.2 Å². The summed E-state index contributed by atoms with van der Waals surface area (Å²) in [6.45, 7) is 4.00. The van der Waals surface area contributed by atoms with Crippen LogP contribution in [-0.2, 0) is 0 Å². The van der Waals surface area contributed by atoms with Crippen molar-refractivity contribution < 1.29 is 4.79 Å². The van der Waals surface area contributed by atoms with Crippen molar-refractivity contribution in [1.82, 2.24) is 15.0 Å². The number of fused-ring (bicyclic) bond motifs is 2. The Morgan fingerprint density at radius 3 is 2.79 bits per heavy atom. The Kier molecular flexibility index (Phi) is 4.60. The van der Waals surface area contributed by atoms with Crippen LogP contribution >= 0.6 is 11.3 Å². The number of benzene rings is 1. The number of piperidine rings is 1. The lowest BCUT2D eigenvalue weighted by Crippen LogP contribution is -2.30. The zero-order valence-electron chi connectivity index (χ0n) is 16.2. The topological polar surface area (TPSA) is 71.0 Å². The summed E-state index contributed by atoms with van der Waals surface area (Å²) in [6, 6.07) is 9.81. The summed E-state index contributed by atoms with van der Waals surface area (Å²) >= 11 is 1.42. The Morgan fingerprint density at radius 1 is 1.10 bits per heavy atom. The maximum atomic E-state index is 13.0. The van der Waals surface area contributed by atoms with E-state index in [-0.39, 0.29) is 5.91 Å². The Labute approximate surface area is 172 Å². The first-order chi connectivity index (χ1) is 14.2. The number of hydrogen-bond acceptors (Lipinski definition) is 6. The van der Waals surface area contributed by atoms with E-state index >= 15 is 0 Å². The molecule has 3 aromatic heterocycles. The SMILES string of the molecule is Cc1c(C(=O)Nc2cnc3ccccc3c2)sc2ncnc(N3CCCCC3)c12. The fourth-order valence-corrected chi connectivity index (χ4v) is 4.98. The van der Waals surface area contributed by atoms with Crippen LogP contribution in [-0.4, -0.2) is 33.9 Å². The van der Waals surface area contributed by atoms with Gasteiger partial charge in [-0.25, -0.2) is 9.97 Å². The molecule has 7 heteroatoms. The highest BCUT2D eigenvalue weighted by Gasteiger charge is 2.23. The molecule has 146 valence electrons.